The van der Waals surface area contributed by atoms with Crippen molar-refractivity contribution in [2.75, 3.05) is 76.0 Å². The van der Waals surface area contributed by atoms with Gasteiger partial charge in [0, 0.05) is 0 Å². The van der Waals surface area contributed by atoms with Crippen LogP contribution in [0, 0.1) is 0 Å². The Labute approximate surface area is 160 Å². The standard InChI is InChI=1S/C20H28N4Te/c1-21(2)13-9-11-15-17(19(13)23(5)6)18-16(25-15)12-10-14(22(3)4)20(18)24(7)8/h9-12H,1-8H3. The first-order valence-electron chi connectivity index (χ1n) is 8.45. The van der Waals surface area contributed by atoms with E-state index in [0.29, 0.717) is 0 Å². The van der Waals surface area contributed by atoms with Crippen molar-refractivity contribution in [2.45, 2.75) is 0 Å². The van der Waals surface area contributed by atoms with Crippen molar-refractivity contribution in [1.82, 2.24) is 0 Å². The molecule has 0 spiro atoms. The molecule has 0 amide bonds. The monoisotopic (exact) mass is 454 g/mol. The maximum atomic E-state index is 2.36. The Morgan fingerprint density at radius 1 is 0.520 bits per heavy atom. The molecule has 0 radical (unpaired) electrons. The van der Waals surface area contributed by atoms with Crippen LogP contribution in [-0.4, -0.2) is 76.8 Å². The van der Waals surface area contributed by atoms with Crippen molar-refractivity contribution in [3.05, 3.63) is 24.3 Å². The number of hydrogen-bond acceptors (Lipinski definition) is 4. The van der Waals surface area contributed by atoms with Crippen molar-refractivity contribution in [3.63, 3.8) is 0 Å². The van der Waals surface area contributed by atoms with Crippen molar-refractivity contribution in [1.29, 1.82) is 0 Å². The van der Waals surface area contributed by atoms with Crippen LogP contribution in [0.1, 0.15) is 0 Å². The molecule has 4 nitrogen and oxygen atoms in total. The summed E-state index contributed by atoms with van der Waals surface area (Å²) < 4.78 is 3.10. The fourth-order valence-corrected chi connectivity index (χ4v) is 6.69. The number of hydrogen-bond donors (Lipinski definition) is 0. The number of fused-ring (bicyclic) bond motifs is 3. The van der Waals surface area contributed by atoms with Gasteiger partial charge in [0.15, 0.2) is 0 Å². The van der Waals surface area contributed by atoms with Crippen molar-refractivity contribution < 1.29 is 0 Å². The zero-order valence-corrected chi connectivity index (χ0v) is 18.8. The van der Waals surface area contributed by atoms with Gasteiger partial charge in [0.25, 0.3) is 0 Å². The van der Waals surface area contributed by atoms with Gasteiger partial charge >= 0.3 is 161 Å². The zero-order valence-electron chi connectivity index (χ0n) is 16.5. The van der Waals surface area contributed by atoms with Gasteiger partial charge in [0.05, 0.1) is 0 Å². The molecule has 0 saturated carbocycles. The third-order valence-electron chi connectivity index (χ3n) is 4.56. The van der Waals surface area contributed by atoms with E-state index < -0.39 is 0 Å². The van der Waals surface area contributed by atoms with Crippen LogP contribution in [0.4, 0.5) is 22.7 Å². The van der Waals surface area contributed by atoms with Gasteiger partial charge in [-0.1, -0.05) is 0 Å². The number of nitrogens with zero attached hydrogens (tertiary/aromatic N) is 4. The third kappa shape index (κ3) is 2.94. The molecule has 0 aliphatic heterocycles. The molecule has 134 valence electrons. The Hall–Kier alpha value is -1.57. The summed E-state index contributed by atoms with van der Waals surface area (Å²) in [6, 6.07) is 9.28. The van der Waals surface area contributed by atoms with E-state index in [-0.39, 0.29) is 20.4 Å². The molecule has 0 aliphatic rings. The van der Waals surface area contributed by atoms with Crippen molar-refractivity contribution in [3.8, 4) is 0 Å². The average Bonchev–Trinajstić information content (AvgIpc) is 2.90. The summed E-state index contributed by atoms with van der Waals surface area (Å²) in [5.41, 5.74) is 5.24. The van der Waals surface area contributed by atoms with Gasteiger partial charge < -0.3 is 0 Å². The van der Waals surface area contributed by atoms with Gasteiger partial charge in [-0.2, -0.15) is 0 Å². The summed E-state index contributed by atoms with van der Waals surface area (Å²) in [5.74, 6) is 0. The van der Waals surface area contributed by atoms with Crippen LogP contribution < -0.4 is 19.6 Å². The van der Waals surface area contributed by atoms with E-state index in [1.54, 1.807) is 6.80 Å². The van der Waals surface area contributed by atoms with Crippen LogP contribution in [0.3, 0.4) is 0 Å². The van der Waals surface area contributed by atoms with Crippen LogP contribution >= 0.6 is 0 Å². The Morgan fingerprint density at radius 3 is 1.16 bits per heavy atom. The number of anilines is 4. The molecule has 0 N–H and O–H groups in total. The molecule has 0 bridgehead atoms. The van der Waals surface area contributed by atoms with E-state index >= 15 is 0 Å². The topological polar surface area (TPSA) is 13.0 Å². The molecule has 1 aromatic heterocycles. The Balaban J connectivity index is 2.57. The molecule has 2 aromatic carbocycles. The van der Waals surface area contributed by atoms with E-state index in [0.717, 1.165) is 0 Å². The summed E-state index contributed by atoms with van der Waals surface area (Å²) in [6.07, 6.45) is 0. The predicted molar refractivity (Wildman–Crippen MR) is 116 cm³/mol. The minimum atomic E-state index is -0.346. The second-order valence-corrected chi connectivity index (χ2v) is 10.4. The second kappa shape index (κ2) is 6.63. The summed E-state index contributed by atoms with van der Waals surface area (Å²) >= 11 is -0.346. The van der Waals surface area contributed by atoms with Crippen LogP contribution in [0.5, 0.6) is 0 Å². The molecule has 0 fully saturated rings. The predicted octanol–water partition coefficient (Wildman–Crippen LogP) is 3.31. The zero-order chi connectivity index (χ0) is 18.5. The summed E-state index contributed by atoms with van der Waals surface area (Å²) in [5, 5.41) is 2.89. The van der Waals surface area contributed by atoms with E-state index in [2.05, 4.69) is 100 Å². The first kappa shape index (κ1) is 18.2. The van der Waals surface area contributed by atoms with E-state index in [9.17, 15) is 0 Å². The Morgan fingerprint density at radius 2 is 0.880 bits per heavy atom. The van der Waals surface area contributed by atoms with Crippen molar-refractivity contribution in [2.24, 2.45) is 0 Å². The van der Waals surface area contributed by atoms with Crippen LogP contribution in [0.15, 0.2) is 24.3 Å². The minimum absolute atomic E-state index is 0.346. The normalized spacial score (nSPS) is 11.2. The molecule has 1 heterocycles. The quantitative estimate of drug-likeness (QED) is 0.564. The van der Waals surface area contributed by atoms with Gasteiger partial charge in [-0.15, -0.1) is 0 Å². The van der Waals surface area contributed by atoms with Gasteiger partial charge in [-0.05, 0) is 0 Å². The van der Waals surface area contributed by atoms with Gasteiger partial charge in [0.2, 0.25) is 0 Å². The molecule has 3 rings (SSSR count). The third-order valence-corrected chi connectivity index (χ3v) is 7.76. The SMILES string of the molecule is CN(C)c1ccc2[te]c3ccc(N(C)C)c(N(C)C)c3c2c1N(C)C. The first-order chi connectivity index (χ1) is 11.7. The average molecular weight is 452 g/mol. The van der Waals surface area contributed by atoms with E-state index in [1.165, 1.54) is 33.5 Å². The van der Waals surface area contributed by atoms with Gasteiger partial charge in [-0.3, -0.25) is 0 Å². The molecule has 0 saturated heterocycles. The number of rotatable bonds is 4. The molecule has 0 unspecified atom stereocenters. The second-order valence-electron chi connectivity index (χ2n) is 7.29. The maximum absolute atomic E-state index is 2.36. The molecule has 0 atom stereocenters. The molecule has 3 aromatic rings. The molecular formula is C20H28N4Te. The molecule has 5 heteroatoms. The van der Waals surface area contributed by atoms with E-state index in [4.69, 9.17) is 0 Å². The van der Waals surface area contributed by atoms with Crippen LogP contribution in [0.2, 0.25) is 0 Å². The van der Waals surface area contributed by atoms with Crippen LogP contribution in [0.25, 0.3) is 17.6 Å². The van der Waals surface area contributed by atoms with E-state index in [1.807, 2.05) is 0 Å². The summed E-state index contributed by atoms with van der Waals surface area (Å²) in [4.78, 5) is 8.99. The fourth-order valence-electron chi connectivity index (χ4n) is 3.52. The fraction of sp³-hybridized carbons (Fsp3) is 0.400. The van der Waals surface area contributed by atoms with Gasteiger partial charge in [0.1, 0.15) is 0 Å². The van der Waals surface area contributed by atoms with Gasteiger partial charge in [-0.25, -0.2) is 0 Å². The van der Waals surface area contributed by atoms with Crippen LogP contribution in [-0.2, 0) is 0 Å². The Kier molecular flexibility index (Phi) is 4.83. The summed E-state index contributed by atoms with van der Waals surface area (Å²) in [6.45, 7) is 0. The Bertz CT molecular complexity index is 848. The first-order valence-corrected chi connectivity index (χ1v) is 10.8. The summed E-state index contributed by atoms with van der Waals surface area (Å²) in [7, 11) is 17.2. The van der Waals surface area contributed by atoms with Crippen molar-refractivity contribution >= 4 is 60.8 Å². The number of benzene rings is 2. The molecule has 25 heavy (non-hydrogen) atoms. The molecular weight excluding hydrogens is 424 g/mol. The molecule has 0 aliphatic carbocycles.